The van der Waals surface area contributed by atoms with E-state index >= 15 is 0 Å². The lowest BCUT2D eigenvalue weighted by Crippen LogP contribution is -2.69. The largest absolute Gasteiger partial charge is 0.394 e. The van der Waals surface area contributed by atoms with Crippen LogP contribution in [-0.2, 0) is 33.3 Å². The monoisotopic (exact) mass is 586 g/mol. The van der Waals surface area contributed by atoms with Gasteiger partial charge in [0.2, 0.25) is 5.91 Å². The molecule has 0 spiro atoms. The van der Waals surface area contributed by atoms with Gasteiger partial charge in [-0.2, -0.15) is 0 Å². The number of ether oxygens (including phenoxy) is 5. The molecule has 0 saturated carbocycles. The highest BCUT2D eigenvalue weighted by Crippen LogP contribution is 2.31. The third kappa shape index (κ3) is 9.16. The van der Waals surface area contributed by atoms with Crippen molar-refractivity contribution in [2.75, 3.05) is 25.2 Å². The van der Waals surface area contributed by atoms with Crippen molar-refractivity contribution in [3.63, 3.8) is 0 Å². The molecule has 0 radical (unpaired) electrons. The molecule has 222 valence electrons. The lowest BCUT2D eigenvalue weighted by atomic mass is 9.95. The Morgan fingerprint density at radius 2 is 1.61 bits per heavy atom. The minimum atomic E-state index is -1.68. The molecule has 2 aliphatic heterocycles. The van der Waals surface area contributed by atoms with Crippen LogP contribution < -0.4 is 10.6 Å². The second-order valence-corrected chi connectivity index (χ2v) is 12.2. The zero-order valence-electron chi connectivity index (χ0n) is 22.5. The highest BCUT2D eigenvalue weighted by Gasteiger charge is 2.53. The van der Waals surface area contributed by atoms with Crippen LogP contribution in [0.25, 0.3) is 0 Å². The molecule has 2 aliphatic rings. The molecule has 13 nitrogen and oxygen atoms in total. The molecule has 15 heteroatoms. The molecule has 10 unspecified atom stereocenters. The summed E-state index contributed by atoms with van der Waals surface area (Å²) in [6.45, 7) is 7.90. The number of aliphatic hydroxyl groups excluding tert-OH is 4. The van der Waals surface area contributed by atoms with E-state index in [1.165, 1.54) is 6.92 Å². The third-order valence-electron chi connectivity index (χ3n) is 5.76. The van der Waals surface area contributed by atoms with Crippen LogP contribution in [0.2, 0.25) is 0 Å². The van der Waals surface area contributed by atoms with Crippen LogP contribution >= 0.6 is 21.6 Å². The van der Waals surface area contributed by atoms with Crippen LogP contribution in [0.3, 0.4) is 0 Å². The smallest absolute Gasteiger partial charge is 0.252 e. The van der Waals surface area contributed by atoms with E-state index in [-0.39, 0.29) is 6.10 Å². The summed E-state index contributed by atoms with van der Waals surface area (Å²) in [5, 5.41) is 47.9. The van der Waals surface area contributed by atoms with Gasteiger partial charge in [0.05, 0.1) is 18.8 Å². The van der Waals surface area contributed by atoms with E-state index in [0.29, 0.717) is 12.3 Å². The summed E-state index contributed by atoms with van der Waals surface area (Å²) < 4.78 is 28.9. The number of carbonyl (C=O) groups is 2. The maximum absolute atomic E-state index is 13.0. The molecule has 0 bridgehead atoms. The van der Waals surface area contributed by atoms with Gasteiger partial charge in [0.25, 0.3) is 5.91 Å². The number of hydrogen-bond acceptors (Lipinski definition) is 13. The Hall–Kier alpha value is -0.720. The van der Waals surface area contributed by atoms with Crippen LogP contribution in [0.4, 0.5) is 0 Å². The second kappa shape index (κ2) is 15.9. The van der Waals surface area contributed by atoms with Crippen molar-refractivity contribution in [1.82, 2.24) is 10.6 Å². The van der Waals surface area contributed by atoms with Crippen LogP contribution in [-0.4, -0.2) is 131 Å². The van der Waals surface area contributed by atoms with Crippen molar-refractivity contribution >= 4 is 33.4 Å². The normalized spacial score (nSPS) is 35.9. The molecule has 0 aromatic heterocycles. The maximum Gasteiger partial charge on any atom is 0.252 e. The highest BCUT2D eigenvalue weighted by atomic mass is 33.1. The number of aliphatic hydroxyl groups is 4. The van der Waals surface area contributed by atoms with Gasteiger partial charge in [-0.3, -0.25) is 9.59 Å². The van der Waals surface area contributed by atoms with Crippen LogP contribution in [0.5, 0.6) is 0 Å². The summed E-state index contributed by atoms with van der Waals surface area (Å²) in [7, 11) is 3.11. The number of rotatable bonds is 13. The molecular formula is C23H42N2O11S2. The molecule has 6 N–H and O–H groups in total. The molecule has 2 heterocycles. The van der Waals surface area contributed by atoms with Gasteiger partial charge in [-0.15, -0.1) is 0 Å². The number of nitrogens with one attached hydrogen (secondary N) is 2. The van der Waals surface area contributed by atoms with E-state index in [9.17, 15) is 30.0 Å². The number of amides is 2. The van der Waals surface area contributed by atoms with Gasteiger partial charge in [-0.05, 0) is 34.0 Å². The van der Waals surface area contributed by atoms with E-state index in [2.05, 4.69) is 10.6 Å². The topological polar surface area (TPSA) is 185 Å². The zero-order chi connectivity index (χ0) is 28.6. The molecule has 2 amide bonds. The van der Waals surface area contributed by atoms with Gasteiger partial charge >= 0.3 is 0 Å². The SMILES string of the molecule is CSSCCNC(=O)C1OC(OC2C(O)C(CO)OC(OC(C)C)C2NC(C)=O)C(O)C(O)C1OC(C)C. The molecule has 0 aromatic rings. The first kappa shape index (κ1) is 33.5. The van der Waals surface area contributed by atoms with E-state index < -0.39 is 85.9 Å². The van der Waals surface area contributed by atoms with Crippen molar-refractivity contribution in [1.29, 1.82) is 0 Å². The van der Waals surface area contributed by atoms with Gasteiger partial charge < -0.3 is 54.7 Å². The number of carbonyl (C=O) groups excluding carboxylic acids is 2. The first-order chi connectivity index (χ1) is 17.9. The Bertz CT molecular complexity index is 750. The van der Waals surface area contributed by atoms with Gasteiger partial charge in [-0.1, -0.05) is 21.6 Å². The van der Waals surface area contributed by atoms with Crippen molar-refractivity contribution in [2.45, 2.75) is 108 Å². The highest BCUT2D eigenvalue weighted by molar-refractivity contribution is 8.76. The third-order valence-corrected chi connectivity index (χ3v) is 7.57. The van der Waals surface area contributed by atoms with Crippen molar-refractivity contribution < 1.29 is 53.7 Å². The Labute approximate surface area is 231 Å². The van der Waals surface area contributed by atoms with Crippen molar-refractivity contribution in [3.8, 4) is 0 Å². The summed E-state index contributed by atoms with van der Waals surface area (Å²) in [4.78, 5) is 25.0. The standard InChI is InChI=1S/C23H42N2O11S2/c1-10(2)32-19-16(29)17(30)23(36-20(19)21(31)24-7-8-38-37-6)35-18-14(25-12(5)27)22(33-11(3)4)34-13(9-26)15(18)28/h10-11,13-20,22-23,26,28-30H,7-9H2,1-6H3,(H,24,31)(H,25,27). The van der Waals surface area contributed by atoms with Crippen molar-refractivity contribution in [2.24, 2.45) is 0 Å². The first-order valence-electron chi connectivity index (χ1n) is 12.5. The molecular weight excluding hydrogens is 544 g/mol. The van der Waals surface area contributed by atoms with Crippen LogP contribution in [0, 0.1) is 0 Å². The maximum atomic E-state index is 13.0. The van der Waals surface area contributed by atoms with E-state index in [4.69, 9.17) is 23.7 Å². The molecule has 10 atom stereocenters. The Morgan fingerprint density at radius 1 is 0.947 bits per heavy atom. The van der Waals surface area contributed by atoms with E-state index in [1.54, 1.807) is 49.3 Å². The molecule has 2 fully saturated rings. The summed E-state index contributed by atoms with van der Waals surface area (Å²) in [5.74, 6) is -0.417. The van der Waals surface area contributed by atoms with Gasteiger partial charge in [0, 0.05) is 19.2 Å². The zero-order valence-corrected chi connectivity index (χ0v) is 24.1. The summed E-state index contributed by atoms with van der Waals surface area (Å²) in [6.07, 6.45) is -11.3. The van der Waals surface area contributed by atoms with E-state index in [0.717, 1.165) is 0 Å². The quantitative estimate of drug-likeness (QED) is 0.111. The van der Waals surface area contributed by atoms with Crippen molar-refractivity contribution in [3.05, 3.63) is 0 Å². The lowest BCUT2D eigenvalue weighted by Gasteiger charge is -2.48. The Morgan fingerprint density at radius 3 is 2.16 bits per heavy atom. The summed E-state index contributed by atoms with van der Waals surface area (Å²) in [6, 6.07) is -1.08. The fourth-order valence-electron chi connectivity index (χ4n) is 4.18. The summed E-state index contributed by atoms with van der Waals surface area (Å²) in [5.41, 5.74) is 0. The van der Waals surface area contributed by atoms with Gasteiger partial charge in [-0.25, -0.2) is 0 Å². The first-order valence-corrected chi connectivity index (χ1v) is 15.3. The predicted octanol–water partition coefficient (Wildman–Crippen LogP) is -1.25. The minimum Gasteiger partial charge on any atom is -0.394 e. The minimum absolute atomic E-state index is 0.332. The predicted molar refractivity (Wildman–Crippen MR) is 140 cm³/mol. The van der Waals surface area contributed by atoms with Gasteiger partial charge in [0.15, 0.2) is 18.7 Å². The number of hydrogen-bond donors (Lipinski definition) is 6. The van der Waals surface area contributed by atoms with Crippen LogP contribution in [0.15, 0.2) is 0 Å². The van der Waals surface area contributed by atoms with E-state index in [1.807, 2.05) is 6.26 Å². The summed E-state index contributed by atoms with van der Waals surface area (Å²) >= 11 is 0. The van der Waals surface area contributed by atoms with Gasteiger partial charge in [0.1, 0.15) is 42.7 Å². The molecule has 0 aromatic carbocycles. The Kier molecular flexibility index (Phi) is 14.0. The Balaban J connectivity index is 2.33. The molecule has 2 rings (SSSR count). The molecule has 0 aliphatic carbocycles. The molecule has 38 heavy (non-hydrogen) atoms. The average molecular weight is 587 g/mol. The fourth-order valence-corrected chi connectivity index (χ4v) is 5.29. The van der Waals surface area contributed by atoms with Crippen LogP contribution in [0.1, 0.15) is 34.6 Å². The second-order valence-electron chi connectivity index (χ2n) is 9.56. The average Bonchev–Trinajstić information content (AvgIpc) is 2.84. The molecule has 2 saturated heterocycles. The fraction of sp³-hybridized carbons (Fsp3) is 0.913. The lowest BCUT2D eigenvalue weighted by molar-refractivity contribution is -0.345.